The predicted octanol–water partition coefficient (Wildman–Crippen LogP) is 3.03. The molecule has 1 aliphatic rings. The van der Waals surface area contributed by atoms with E-state index in [1.807, 2.05) is 68.1 Å². The first kappa shape index (κ1) is 16.4. The van der Waals surface area contributed by atoms with Crippen molar-refractivity contribution in [2.75, 3.05) is 0 Å². The van der Waals surface area contributed by atoms with Gasteiger partial charge in [0, 0.05) is 18.3 Å². The smallest absolute Gasteiger partial charge is 0.277 e. The van der Waals surface area contributed by atoms with E-state index in [1.54, 1.807) is 4.90 Å². The number of hydrogen-bond donors (Lipinski definition) is 1. The van der Waals surface area contributed by atoms with E-state index in [1.165, 1.54) is 0 Å². The molecule has 1 amide bonds. The third kappa shape index (κ3) is 2.97. The highest BCUT2D eigenvalue weighted by Crippen LogP contribution is 2.26. The fourth-order valence-corrected chi connectivity index (χ4v) is 3.12. The van der Waals surface area contributed by atoms with Gasteiger partial charge in [0.25, 0.3) is 5.91 Å². The number of rotatable bonds is 4. The molecule has 1 N–H and O–H groups in total. The molecule has 124 valence electrons. The van der Waals surface area contributed by atoms with Crippen LogP contribution in [0.25, 0.3) is 6.08 Å². The Balaban J connectivity index is 1.88. The molecule has 1 aromatic heterocycles. The lowest BCUT2D eigenvalue weighted by Crippen LogP contribution is -2.33. The van der Waals surface area contributed by atoms with Crippen molar-refractivity contribution in [3.05, 3.63) is 59.0 Å². The zero-order chi connectivity index (χ0) is 17.3. The summed E-state index contributed by atoms with van der Waals surface area (Å²) < 4.78 is 1.85. The number of aromatic nitrogens is 2. The highest BCUT2D eigenvalue weighted by atomic mass is 32.1. The maximum absolute atomic E-state index is 12.8. The lowest BCUT2D eigenvalue weighted by Gasteiger charge is -2.23. The summed E-state index contributed by atoms with van der Waals surface area (Å²) in [6.07, 6.45) is 3.75. The Kier molecular flexibility index (Phi) is 4.49. The van der Waals surface area contributed by atoms with Gasteiger partial charge in [0.15, 0.2) is 5.11 Å². The molecule has 1 aliphatic heterocycles. The molecule has 2 heterocycles. The second-order valence-corrected chi connectivity index (χ2v) is 6.16. The van der Waals surface area contributed by atoms with E-state index in [0.717, 1.165) is 23.4 Å². The van der Waals surface area contributed by atoms with Gasteiger partial charge >= 0.3 is 0 Å². The monoisotopic (exact) mass is 340 g/mol. The number of aryl methyl sites for hydroxylation is 2. The quantitative estimate of drug-likeness (QED) is 0.687. The molecule has 1 fully saturated rings. The maximum atomic E-state index is 12.8. The zero-order valence-electron chi connectivity index (χ0n) is 14.0. The Hall–Kier alpha value is -2.47. The standard InChI is InChI=1S/C18H20N4OS/c1-4-21-11-15(12(2)20-21)10-16-17(23)22(18(24)19-16)13(3)14-8-6-5-7-9-14/h5-11,13H,4H2,1-3H3,(H,19,24)/b16-10-. The van der Waals surface area contributed by atoms with Gasteiger partial charge in [-0.15, -0.1) is 0 Å². The molecule has 6 heteroatoms. The average Bonchev–Trinajstić information content (AvgIpc) is 3.08. The molecular formula is C18H20N4OS. The largest absolute Gasteiger partial charge is 0.328 e. The molecule has 0 spiro atoms. The summed E-state index contributed by atoms with van der Waals surface area (Å²) in [6, 6.07) is 9.75. The summed E-state index contributed by atoms with van der Waals surface area (Å²) in [4.78, 5) is 14.4. The number of carbonyl (C=O) groups is 1. The van der Waals surface area contributed by atoms with Crippen LogP contribution in [0.3, 0.4) is 0 Å². The summed E-state index contributed by atoms with van der Waals surface area (Å²) in [5.74, 6) is -0.111. The van der Waals surface area contributed by atoms with Crippen LogP contribution in [0, 0.1) is 6.92 Å². The molecule has 0 bridgehead atoms. The first-order valence-corrected chi connectivity index (χ1v) is 8.37. The Labute approximate surface area is 147 Å². The van der Waals surface area contributed by atoms with E-state index in [4.69, 9.17) is 12.2 Å². The highest BCUT2D eigenvalue weighted by molar-refractivity contribution is 7.80. The number of nitrogens with one attached hydrogen (secondary N) is 1. The minimum absolute atomic E-state index is 0.111. The Morgan fingerprint density at radius 3 is 2.67 bits per heavy atom. The lowest BCUT2D eigenvalue weighted by atomic mass is 10.1. The number of thiocarbonyl (C=S) groups is 1. The van der Waals surface area contributed by atoms with Gasteiger partial charge in [-0.1, -0.05) is 30.3 Å². The van der Waals surface area contributed by atoms with Crippen LogP contribution in [-0.4, -0.2) is 25.7 Å². The normalized spacial score (nSPS) is 17.5. The van der Waals surface area contributed by atoms with Crippen LogP contribution in [0.2, 0.25) is 0 Å². The van der Waals surface area contributed by atoms with Gasteiger partial charge in [0.2, 0.25) is 0 Å². The van der Waals surface area contributed by atoms with Crippen molar-refractivity contribution in [1.29, 1.82) is 0 Å². The molecule has 1 unspecified atom stereocenters. The van der Waals surface area contributed by atoms with E-state index in [0.29, 0.717) is 10.8 Å². The van der Waals surface area contributed by atoms with Crippen molar-refractivity contribution in [2.24, 2.45) is 0 Å². The van der Waals surface area contributed by atoms with Crippen molar-refractivity contribution in [1.82, 2.24) is 20.0 Å². The van der Waals surface area contributed by atoms with Gasteiger partial charge in [0.1, 0.15) is 5.70 Å². The zero-order valence-corrected chi connectivity index (χ0v) is 14.8. The van der Waals surface area contributed by atoms with E-state index in [-0.39, 0.29) is 11.9 Å². The minimum Gasteiger partial charge on any atom is -0.328 e. The summed E-state index contributed by atoms with van der Waals surface area (Å²) in [5.41, 5.74) is 3.34. The Morgan fingerprint density at radius 1 is 1.33 bits per heavy atom. The van der Waals surface area contributed by atoms with Gasteiger partial charge < -0.3 is 5.32 Å². The van der Waals surface area contributed by atoms with E-state index >= 15 is 0 Å². The molecule has 24 heavy (non-hydrogen) atoms. The average molecular weight is 340 g/mol. The number of benzene rings is 1. The summed E-state index contributed by atoms with van der Waals surface area (Å²) in [6.45, 7) is 6.73. The summed E-state index contributed by atoms with van der Waals surface area (Å²) in [7, 11) is 0. The van der Waals surface area contributed by atoms with Crippen molar-refractivity contribution < 1.29 is 4.79 Å². The third-order valence-electron chi connectivity index (χ3n) is 4.19. The minimum atomic E-state index is -0.121. The van der Waals surface area contributed by atoms with Gasteiger partial charge in [-0.3, -0.25) is 14.4 Å². The molecule has 5 nitrogen and oxygen atoms in total. The van der Waals surface area contributed by atoms with Crippen LogP contribution in [0.1, 0.15) is 36.7 Å². The molecular weight excluding hydrogens is 320 g/mol. The van der Waals surface area contributed by atoms with Gasteiger partial charge in [0.05, 0.1) is 11.7 Å². The molecule has 0 radical (unpaired) electrons. The first-order valence-electron chi connectivity index (χ1n) is 7.96. The van der Waals surface area contributed by atoms with Crippen molar-refractivity contribution >= 4 is 29.3 Å². The number of hydrogen-bond acceptors (Lipinski definition) is 3. The molecule has 0 saturated carbocycles. The van der Waals surface area contributed by atoms with Gasteiger partial charge in [-0.2, -0.15) is 5.10 Å². The van der Waals surface area contributed by atoms with Crippen LogP contribution in [0.15, 0.2) is 42.2 Å². The van der Waals surface area contributed by atoms with Crippen LogP contribution in [0.5, 0.6) is 0 Å². The number of nitrogens with zero attached hydrogens (tertiary/aromatic N) is 3. The van der Waals surface area contributed by atoms with E-state index in [2.05, 4.69) is 10.4 Å². The Morgan fingerprint density at radius 2 is 2.04 bits per heavy atom. The third-order valence-corrected chi connectivity index (χ3v) is 4.49. The maximum Gasteiger partial charge on any atom is 0.277 e. The Bertz CT molecular complexity index is 810. The van der Waals surface area contributed by atoms with Crippen molar-refractivity contribution in [3.8, 4) is 0 Å². The fourth-order valence-electron chi connectivity index (χ4n) is 2.77. The van der Waals surface area contributed by atoms with Gasteiger partial charge in [-0.25, -0.2) is 0 Å². The van der Waals surface area contributed by atoms with Crippen LogP contribution in [-0.2, 0) is 11.3 Å². The molecule has 0 aliphatic carbocycles. The van der Waals surface area contributed by atoms with Crippen molar-refractivity contribution in [3.63, 3.8) is 0 Å². The van der Waals surface area contributed by atoms with Crippen LogP contribution in [0.4, 0.5) is 0 Å². The first-order chi connectivity index (χ1) is 11.5. The molecule has 2 aromatic rings. The number of amides is 1. The van der Waals surface area contributed by atoms with Crippen molar-refractivity contribution in [2.45, 2.75) is 33.4 Å². The summed E-state index contributed by atoms with van der Waals surface area (Å²) >= 11 is 5.38. The van der Waals surface area contributed by atoms with E-state index in [9.17, 15) is 4.79 Å². The van der Waals surface area contributed by atoms with Crippen LogP contribution >= 0.6 is 12.2 Å². The topological polar surface area (TPSA) is 50.2 Å². The van der Waals surface area contributed by atoms with Crippen LogP contribution < -0.4 is 5.32 Å². The molecule has 1 saturated heterocycles. The lowest BCUT2D eigenvalue weighted by molar-refractivity contribution is -0.123. The van der Waals surface area contributed by atoms with E-state index < -0.39 is 0 Å². The highest BCUT2D eigenvalue weighted by Gasteiger charge is 2.34. The fraction of sp³-hybridized carbons (Fsp3) is 0.278. The summed E-state index contributed by atoms with van der Waals surface area (Å²) in [5, 5.41) is 7.88. The predicted molar refractivity (Wildman–Crippen MR) is 98.1 cm³/mol. The molecule has 1 aromatic carbocycles. The second kappa shape index (κ2) is 6.57. The second-order valence-electron chi connectivity index (χ2n) is 5.78. The molecule has 3 rings (SSSR count). The molecule has 1 atom stereocenters. The van der Waals surface area contributed by atoms with Gasteiger partial charge in [-0.05, 0) is 44.6 Å². The SMILES string of the molecule is CCn1cc(/C=C2\NC(=S)N(C(C)c3ccccc3)C2=O)c(C)n1. The number of carbonyl (C=O) groups excluding carboxylic acids is 1.